The third-order valence-electron chi connectivity index (χ3n) is 1.41. The Morgan fingerprint density at radius 1 is 1.47 bits per heavy atom. The van der Waals surface area contributed by atoms with Gasteiger partial charge in [0, 0.05) is 0 Å². The molecule has 0 radical (unpaired) electrons. The molecule has 0 saturated heterocycles. The Morgan fingerprint density at radius 3 is 2.27 bits per heavy atom. The van der Waals surface area contributed by atoms with Crippen molar-refractivity contribution in [2.45, 2.75) is 47.6 Å². The largest absolute Gasteiger partial charge is 0.463 e. The second-order valence-corrected chi connectivity index (χ2v) is 3.66. The van der Waals surface area contributed by atoms with Gasteiger partial charge in [0.25, 0.3) is 0 Å². The summed E-state index contributed by atoms with van der Waals surface area (Å²) in [5.41, 5.74) is 5.04. The number of carbonyl (C=O) groups excluding carboxylic acids is 1. The molecule has 0 aliphatic heterocycles. The van der Waals surface area contributed by atoms with Gasteiger partial charge in [0.1, 0.15) is 12.6 Å². The molecule has 3 heteroatoms. The van der Waals surface area contributed by atoms with Gasteiger partial charge in [-0.1, -0.05) is 19.8 Å². The Balaban J connectivity index is 0. The zero-order chi connectivity index (χ0) is 12.5. The Labute approximate surface area is 93.4 Å². The van der Waals surface area contributed by atoms with Crippen molar-refractivity contribution in [1.29, 1.82) is 0 Å². The maximum absolute atomic E-state index is 11.0. The number of nitrogens with two attached hydrogens (primary N) is 1. The van der Waals surface area contributed by atoms with E-state index in [1.165, 1.54) is 0 Å². The first-order valence-electron chi connectivity index (χ1n) is 5.25. The van der Waals surface area contributed by atoms with Crippen molar-refractivity contribution in [1.82, 2.24) is 0 Å². The Hall–Kier alpha value is -1.01. The highest BCUT2D eigenvalue weighted by molar-refractivity contribution is 5.74. The SMILES string of the molecule is CC.CC#CC(C)(C)COC(=O)C(C)N. The summed E-state index contributed by atoms with van der Waals surface area (Å²) >= 11 is 0. The van der Waals surface area contributed by atoms with E-state index in [2.05, 4.69) is 11.8 Å². The van der Waals surface area contributed by atoms with Crippen molar-refractivity contribution in [3.63, 3.8) is 0 Å². The average molecular weight is 213 g/mol. The molecule has 0 saturated carbocycles. The van der Waals surface area contributed by atoms with E-state index in [9.17, 15) is 4.79 Å². The van der Waals surface area contributed by atoms with Crippen molar-refractivity contribution >= 4 is 5.97 Å². The van der Waals surface area contributed by atoms with Gasteiger partial charge < -0.3 is 10.5 Å². The lowest BCUT2D eigenvalue weighted by Crippen LogP contribution is -2.31. The molecule has 0 fully saturated rings. The third kappa shape index (κ3) is 9.30. The Kier molecular flexibility index (Phi) is 9.10. The number of hydrogen-bond donors (Lipinski definition) is 1. The predicted octanol–water partition coefficient (Wildman–Crippen LogP) is 1.95. The van der Waals surface area contributed by atoms with Crippen molar-refractivity contribution in [2.24, 2.45) is 11.1 Å². The standard InChI is InChI=1S/C10H17NO2.C2H6/c1-5-6-10(3,4)7-13-9(12)8(2)11;1-2/h8H,7,11H2,1-4H3;1-2H3. The Bertz CT molecular complexity index is 234. The molecule has 1 atom stereocenters. The maximum atomic E-state index is 11.0. The van der Waals surface area contributed by atoms with E-state index in [1.54, 1.807) is 13.8 Å². The van der Waals surface area contributed by atoms with Crippen LogP contribution >= 0.6 is 0 Å². The molecular formula is C12H23NO2. The summed E-state index contributed by atoms with van der Waals surface area (Å²) < 4.78 is 4.95. The van der Waals surface area contributed by atoms with Crippen LogP contribution in [0.2, 0.25) is 0 Å². The fourth-order valence-corrected chi connectivity index (χ4v) is 0.757. The first-order chi connectivity index (χ1) is 6.89. The van der Waals surface area contributed by atoms with Crippen LogP contribution < -0.4 is 5.73 Å². The van der Waals surface area contributed by atoms with Crippen LogP contribution in [0.3, 0.4) is 0 Å². The summed E-state index contributed by atoms with van der Waals surface area (Å²) in [7, 11) is 0. The minimum atomic E-state index is -0.564. The lowest BCUT2D eigenvalue weighted by molar-refractivity contribution is -0.146. The molecule has 0 rings (SSSR count). The molecule has 0 aromatic carbocycles. The molecule has 0 aliphatic carbocycles. The second kappa shape index (κ2) is 8.31. The van der Waals surface area contributed by atoms with Crippen LogP contribution in [-0.2, 0) is 9.53 Å². The number of esters is 1. The summed E-state index contributed by atoms with van der Waals surface area (Å²) in [4.78, 5) is 11.0. The van der Waals surface area contributed by atoms with Crippen LogP contribution in [0.5, 0.6) is 0 Å². The minimum absolute atomic E-state index is 0.286. The highest BCUT2D eigenvalue weighted by atomic mass is 16.5. The van der Waals surface area contributed by atoms with E-state index in [-0.39, 0.29) is 18.0 Å². The molecule has 3 nitrogen and oxygen atoms in total. The molecule has 0 spiro atoms. The van der Waals surface area contributed by atoms with E-state index in [4.69, 9.17) is 10.5 Å². The van der Waals surface area contributed by atoms with Crippen LogP contribution in [0.15, 0.2) is 0 Å². The summed E-state index contributed by atoms with van der Waals surface area (Å²) in [6.07, 6.45) is 0. The first kappa shape index (κ1) is 16.4. The van der Waals surface area contributed by atoms with Crippen molar-refractivity contribution < 1.29 is 9.53 Å². The first-order valence-corrected chi connectivity index (χ1v) is 5.25. The van der Waals surface area contributed by atoms with Crippen LogP contribution in [0.4, 0.5) is 0 Å². The molecule has 0 bridgehead atoms. The predicted molar refractivity (Wildman–Crippen MR) is 63.2 cm³/mol. The van der Waals surface area contributed by atoms with E-state index in [1.807, 2.05) is 27.7 Å². The van der Waals surface area contributed by atoms with E-state index in [0.29, 0.717) is 0 Å². The van der Waals surface area contributed by atoms with Gasteiger partial charge in [-0.05, 0) is 27.7 Å². The molecule has 0 heterocycles. The van der Waals surface area contributed by atoms with E-state index >= 15 is 0 Å². The van der Waals surface area contributed by atoms with Crippen LogP contribution in [0.1, 0.15) is 41.5 Å². The molecular weight excluding hydrogens is 190 g/mol. The normalized spacial score (nSPS) is 11.4. The van der Waals surface area contributed by atoms with Crippen molar-refractivity contribution in [3.8, 4) is 11.8 Å². The molecule has 1 unspecified atom stereocenters. The Morgan fingerprint density at radius 2 is 1.93 bits per heavy atom. The fraction of sp³-hybridized carbons (Fsp3) is 0.750. The van der Waals surface area contributed by atoms with Gasteiger partial charge in [-0.25, -0.2) is 0 Å². The molecule has 0 aliphatic rings. The molecule has 0 aromatic rings. The monoisotopic (exact) mass is 213 g/mol. The van der Waals surface area contributed by atoms with E-state index < -0.39 is 6.04 Å². The van der Waals surface area contributed by atoms with Crippen molar-refractivity contribution in [3.05, 3.63) is 0 Å². The van der Waals surface area contributed by atoms with Crippen LogP contribution in [0.25, 0.3) is 0 Å². The van der Waals surface area contributed by atoms with Crippen LogP contribution in [-0.4, -0.2) is 18.6 Å². The lowest BCUT2D eigenvalue weighted by Gasteiger charge is -2.18. The van der Waals surface area contributed by atoms with Crippen molar-refractivity contribution in [2.75, 3.05) is 6.61 Å². The number of carbonyl (C=O) groups is 1. The maximum Gasteiger partial charge on any atom is 0.322 e. The van der Waals surface area contributed by atoms with Gasteiger partial charge >= 0.3 is 5.97 Å². The zero-order valence-corrected chi connectivity index (χ0v) is 10.7. The molecule has 2 N–H and O–H groups in total. The van der Waals surface area contributed by atoms with Gasteiger partial charge in [-0.15, -0.1) is 5.92 Å². The minimum Gasteiger partial charge on any atom is -0.463 e. The number of ether oxygens (including phenoxy) is 1. The third-order valence-corrected chi connectivity index (χ3v) is 1.41. The highest BCUT2D eigenvalue weighted by Crippen LogP contribution is 2.13. The summed E-state index contributed by atoms with van der Waals surface area (Å²) in [6.45, 7) is 11.5. The van der Waals surface area contributed by atoms with Gasteiger partial charge in [0.2, 0.25) is 0 Å². The summed E-state index contributed by atoms with van der Waals surface area (Å²) in [6, 6.07) is -0.564. The fourth-order valence-electron chi connectivity index (χ4n) is 0.757. The average Bonchev–Trinajstić information content (AvgIpc) is 2.17. The quantitative estimate of drug-likeness (QED) is 0.576. The highest BCUT2D eigenvalue weighted by Gasteiger charge is 2.18. The molecule has 0 aromatic heterocycles. The molecule has 88 valence electrons. The second-order valence-electron chi connectivity index (χ2n) is 3.66. The molecule has 15 heavy (non-hydrogen) atoms. The van der Waals surface area contributed by atoms with Gasteiger partial charge in [-0.2, -0.15) is 0 Å². The number of rotatable bonds is 3. The van der Waals surface area contributed by atoms with Gasteiger partial charge in [0.05, 0.1) is 5.41 Å². The van der Waals surface area contributed by atoms with Crippen LogP contribution in [0, 0.1) is 17.3 Å². The summed E-state index contributed by atoms with van der Waals surface area (Å²) in [5, 5.41) is 0. The summed E-state index contributed by atoms with van der Waals surface area (Å²) in [5.74, 6) is 5.35. The number of hydrogen-bond acceptors (Lipinski definition) is 3. The van der Waals surface area contributed by atoms with Gasteiger partial charge in [0.15, 0.2) is 0 Å². The lowest BCUT2D eigenvalue weighted by atomic mass is 9.96. The zero-order valence-electron chi connectivity index (χ0n) is 10.7. The molecule has 0 amide bonds. The smallest absolute Gasteiger partial charge is 0.322 e. The van der Waals surface area contributed by atoms with Gasteiger partial charge in [-0.3, -0.25) is 4.79 Å². The van der Waals surface area contributed by atoms with E-state index in [0.717, 1.165) is 0 Å². The topological polar surface area (TPSA) is 52.3 Å².